The largest absolute Gasteiger partial charge is 0.352 e. The summed E-state index contributed by atoms with van der Waals surface area (Å²) < 4.78 is 2.41. The van der Waals surface area contributed by atoms with Crippen LogP contribution in [0.2, 0.25) is 0 Å². The van der Waals surface area contributed by atoms with Gasteiger partial charge in [0.05, 0.1) is 11.7 Å². The lowest BCUT2D eigenvalue weighted by molar-refractivity contribution is -0.122. The fourth-order valence-corrected chi connectivity index (χ4v) is 5.16. The molecule has 0 radical (unpaired) electrons. The first kappa shape index (κ1) is 19.3. The predicted molar refractivity (Wildman–Crippen MR) is 117 cm³/mol. The van der Waals surface area contributed by atoms with Crippen molar-refractivity contribution in [2.24, 2.45) is 0 Å². The van der Waals surface area contributed by atoms with E-state index in [0.717, 1.165) is 46.2 Å². The highest BCUT2D eigenvalue weighted by Crippen LogP contribution is 2.35. The Kier molecular flexibility index (Phi) is 5.64. The van der Waals surface area contributed by atoms with Crippen LogP contribution in [0.1, 0.15) is 37.0 Å². The number of hydrogen-bond acceptors (Lipinski definition) is 4. The second kappa shape index (κ2) is 8.17. The van der Waals surface area contributed by atoms with E-state index in [9.17, 15) is 9.59 Å². The van der Waals surface area contributed by atoms with Crippen LogP contribution in [-0.4, -0.2) is 21.5 Å². The van der Waals surface area contributed by atoms with E-state index < -0.39 is 0 Å². The Labute approximate surface area is 175 Å². The first-order chi connectivity index (χ1) is 13.5. The summed E-state index contributed by atoms with van der Waals surface area (Å²) in [7, 11) is 0. The number of aryl methyl sites for hydroxylation is 1. The number of rotatable bonds is 4. The molecular formula is C21H22BrN3O2S. The van der Waals surface area contributed by atoms with Crippen LogP contribution in [0.4, 0.5) is 0 Å². The summed E-state index contributed by atoms with van der Waals surface area (Å²) in [6.07, 6.45) is 7.09. The Balaban J connectivity index is 1.66. The Hall–Kier alpha value is -1.99. The smallest absolute Gasteiger partial charge is 0.263 e. The van der Waals surface area contributed by atoms with Gasteiger partial charge < -0.3 is 5.32 Å². The molecule has 1 N–H and O–H groups in total. The number of benzene rings is 1. The second-order valence-electron chi connectivity index (χ2n) is 7.30. The standard InChI is InChI=1S/C21H22BrN3O2S/c1-13-18(14-7-9-15(22)10-8-14)19-20(28-13)23-12-25(21(19)27)11-17(26)24-16-5-3-2-4-6-16/h7-10,12,16H,2-6,11H2,1H3,(H,24,26). The third kappa shape index (κ3) is 3.91. The number of halogens is 1. The number of amides is 1. The highest BCUT2D eigenvalue weighted by atomic mass is 79.9. The molecule has 7 heteroatoms. The van der Waals surface area contributed by atoms with Gasteiger partial charge in [-0.25, -0.2) is 4.98 Å². The molecule has 1 aliphatic rings. The van der Waals surface area contributed by atoms with Crippen LogP contribution >= 0.6 is 27.3 Å². The number of aromatic nitrogens is 2. The maximum Gasteiger partial charge on any atom is 0.263 e. The summed E-state index contributed by atoms with van der Waals surface area (Å²) in [5.74, 6) is -0.118. The van der Waals surface area contributed by atoms with E-state index in [1.165, 1.54) is 28.7 Å². The van der Waals surface area contributed by atoms with Gasteiger partial charge in [-0.1, -0.05) is 47.3 Å². The van der Waals surface area contributed by atoms with E-state index in [1.807, 2.05) is 31.2 Å². The number of nitrogens with one attached hydrogen (secondary N) is 1. The van der Waals surface area contributed by atoms with Crippen molar-refractivity contribution in [2.45, 2.75) is 51.6 Å². The van der Waals surface area contributed by atoms with Gasteiger partial charge in [0.2, 0.25) is 5.91 Å². The van der Waals surface area contributed by atoms with Crippen molar-refractivity contribution in [2.75, 3.05) is 0 Å². The summed E-state index contributed by atoms with van der Waals surface area (Å²) in [5, 5.41) is 3.67. The Morgan fingerprint density at radius 1 is 1.25 bits per heavy atom. The number of carbonyl (C=O) groups is 1. The maximum atomic E-state index is 13.2. The molecule has 1 fully saturated rings. The summed E-state index contributed by atoms with van der Waals surface area (Å²) in [6.45, 7) is 2.01. The highest BCUT2D eigenvalue weighted by Gasteiger charge is 2.19. The molecule has 4 rings (SSSR count). The average molecular weight is 460 g/mol. The lowest BCUT2D eigenvalue weighted by atomic mass is 9.95. The number of carbonyl (C=O) groups excluding carboxylic acids is 1. The topological polar surface area (TPSA) is 64.0 Å². The number of thiophene rings is 1. The van der Waals surface area contributed by atoms with E-state index in [4.69, 9.17) is 0 Å². The van der Waals surface area contributed by atoms with Crippen LogP contribution in [-0.2, 0) is 11.3 Å². The zero-order valence-electron chi connectivity index (χ0n) is 15.7. The Bertz CT molecular complexity index is 1070. The maximum absolute atomic E-state index is 13.2. The molecule has 1 saturated carbocycles. The van der Waals surface area contributed by atoms with E-state index >= 15 is 0 Å². The van der Waals surface area contributed by atoms with E-state index in [1.54, 1.807) is 0 Å². The summed E-state index contributed by atoms with van der Waals surface area (Å²) in [4.78, 5) is 31.9. The van der Waals surface area contributed by atoms with Gasteiger partial charge >= 0.3 is 0 Å². The van der Waals surface area contributed by atoms with Gasteiger partial charge in [0, 0.05) is 21.0 Å². The van der Waals surface area contributed by atoms with Crippen LogP contribution < -0.4 is 10.9 Å². The van der Waals surface area contributed by atoms with Crippen LogP contribution in [0, 0.1) is 6.92 Å². The van der Waals surface area contributed by atoms with Gasteiger partial charge in [-0.15, -0.1) is 11.3 Å². The Morgan fingerprint density at radius 3 is 2.68 bits per heavy atom. The van der Waals surface area contributed by atoms with Crippen LogP contribution in [0.25, 0.3) is 21.3 Å². The van der Waals surface area contributed by atoms with Gasteiger partial charge in [-0.2, -0.15) is 0 Å². The van der Waals surface area contributed by atoms with Crippen molar-refractivity contribution < 1.29 is 4.79 Å². The molecule has 1 aliphatic carbocycles. The molecule has 3 aromatic rings. The van der Waals surface area contributed by atoms with Crippen molar-refractivity contribution >= 4 is 43.4 Å². The fourth-order valence-electron chi connectivity index (χ4n) is 3.89. The van der Waals surface area contributed by atoms with E-state index in [2.05, 4.69) is 26.2 Å². The summed E-state index contributed by atoms with van der Waals surface area (Å²) >= 11 is 4.96. The first-order valence-corrected chi connectivity index (χ1v) is 11.2. The molecule has 146 valence electrons. The SMILES string of the molecule is Cc1sc2ncn(CC(=O)NC3CCCCC3)c(=O)c2c1-c1ccc(Br)cc1. The van der Waals surface area contributed by atoms with E-state index in [-0.39, 0.29) is 24.1 Å². The van der Waals surface area contributed by atoms with Crippen LogP contribution in [0.15, 0.2) is 39.9 Å². The quantitative estimate of drug-likeness (QED) is 0.617. The lowest BCUT2D eigenvalue weighted by Gasteiger charge is -2.22. The molecule has 0 atom stereocenters. The lowest BCUT2D eigenvalue weighted by Crippen LogP contribution is -2.39. The number of nitrogens with zero attached hydrogens (tertiary/aromatic N) is 2. The van der Waals surface area contributed by atoms with Crippen molar-refractivity contribution in [3.63, 3.8) is 0 Å². The average Bonchev–Trinajstić information content (AvgIpc) is 3.02. The van der Waals surface area contributed by atoms with Crippen molar-refractivity contribution in [3.05, 3.63) is 50.3 Å². The zero-order valence-corrected chi connectivity index (χ0v) is 18.1. The molecule has 5 nitrogen and oxygen atoms in total. The predicted octanol–water partition coefficient (Wildman–Crippen LogP) is 4.64. The van der Waals surface area contributed by atoms with Gasteiger partial charge in [0.1, 0.15) is 11.4 Å². The molecule has 0 spiro atoms. The molecule has 2 aromatic heterocycles. The number of fused-ring (bicyclic) bond motifs is 1. The molecular weight excluding hydrogens is 438 g/mol. The minimum atomic E-state index is -0.161. The van der Waals surface area contributed by atoms with Gasteiger partial charge in [0.25, 0.3) is 5.56 Å². The third-order valence-corrected chi connectivity index (χ3v) is 6.81. The summed E-state index contributed by atoms with van der Waals surface area (Å²) in [5.41, 5.74) is 1.73. The van der Waals surface area contributed by atoms with Crippen LogP contribution in [0.5, 0.6) is 0 Å². The van der Waals surface area contributed by atoms with Crippen molar-refractivity contribution in [1.29, 1.82) is 0 Å². The second-order valence-corrected chi connectivity index (χ2v) is 9.42. The van der Waals surface area contributed by atoms with Crippen LogP contribution in [0.3, 0.4) is 0 Å². The molecule has 0 bridgehead atoms. The summed E-state index contributed by atoms with van der Waals surface area (Å²) in [6, 6.07) is 8.14. The molecule has 0 unspecified atom stereocenters. The Morgan fingerprint density at radius 2 is 1.96 bits per heavy atom. The van der Waals surface area contributed by atoms with Gasteiger partial charge in [-0.05, 0) is 37.5 Å². The van der Waals surface area contributed by atoms with Gasteiger partial charge in [0.15, 0.2) is 0 Å². The third-order valence-electron chi connectivity index (χ3n) is 5.27. The molecule has 2 heterocycles. The van der Waals surface area contributed by atoms with Gasteiger partial charge in [-0.3, -0.25) is 14.2 Å². The van der Waals surface area contributed by atoms with Crippen molar-refractivity contribution in [1.82, 2.24) is 14.9 Å². The molecule has 0 aliphatic heterocycles. The number of hydrogen-bond donors (Lipinski definition) is 1. The molecule has 1 aromatic carbocycles. The monoisotopic (exact) mass is 459 g/mol. The highest BCUT2D eigenvalue weighted by molar-refractivity contribution is 9.10. The zero-order chi connectivity index (χ0) is 19.7. The molecule has 1 amide bonds. The first-order valence-electron chi connectivity index (χ1n) is 9.57. The fraction of sp³-hybridized carbons (Fsp3) is 0.381. The van der Waals surface area contributed by atoms with Crippen molar-refractivity contribution in [3.8, 4) is 11.1 Å². The molecule has 28 heavy (non-hydrogen) atoms. The minimum absolute atomic E-state index is 0.00689. The normalized spacial score (nSPS) is 15.1. The minimum Gasteiger partial charge on any atom is -0.352 e. The molecule has 0 saturated heterocycles. The van der Waals surface area contributed by atoms with E-state index in [0.29, 0.717) is 10.2 Å².